The van der Waals surface area contributed by atoms with Crippen LogP contribution in [0, 0.1) is 11.6 Å². The van der Waals surface area contributed by atoms with Crippen molar-refractivity contribution < 1.29 is 13.6 Å². The van der Waals surface area contributed by atoms with Gasteiger partial charge in [-0.1, -0.05) is 0 Å². The van der Waals surface area contributed by atoms with Gasteiger partial charge in [0.2, 0.25) is 0 Å². The van der Waals surface area contributed by atoms with E-state index in [1.54, 1.807) is 35.3 Å². The predicted octanol–water partition coefficient (Wildman–Crippen LogP) is 2.80. The average molecular weight is 300 g/mol. The first kappa shape index (κ1) is 13.9. The van der Waals surface area contributed by atoms with Crippen molar-refractivity contribution in [1.29, 1.82) is 0 Å². The van der Waals surface area contributed by atoms with E-state index in [0.717, 1.165) is 17.8 Å². The molecule has 0 spiro atoms. The summed E-state index contributed by atoms with van der Waals surface area (Å²) in [5.74, 6) is -2.19. The van der Waals surface area contributed by atoms with E-state index < -0.39 is 17.5 Å². The summed E-state index contributed by atoms with van der Waals surface area (Å²) in [6.07, 6.45) is 2.96. The van der Waals surface area contributed by atoms with E-state index >= 15 is 0 Å². The number of hydrogen-bond donors (Lipinski definition) is 1. The van der Waals surface area contributed by atoms with Crippen LogP contribution in [0.4, 0.5) is 14.5 Å². The Morgan fingerprint density at radius 3 is 2.32 bits per heavy atom. The van der Waals surface area contributed by atoms with Crippen LogP contribution in [0.1, 0.15) is 10.4 Å². The number of nitrogens with zero attached hydrogens (tertiary/aromatic N) is 3. The molecule has 0 aliphatic carbocycles. The third-order valence-electron chi connectivity index (χ3n) is 2.93. The highest BCUT2D eigenvalue weighted by Gasteiger charge is 2.09. The zero-order chi connectivity index (χ0) is 15.5. The van der Waals surface area contributed by atoms with Gasteiger partial charge in [0.05, 0.1) is 5.69 Å². The smallest absolute Gasteiger partial charge is 0.255 e. The Hall–Kier alpha value is -3.09. The van der Waals surface area contributed by atoms with E-state index in [1.807, 2.05) is 0 Å². The second-order valence-electron chi connectivity index (χ2n) is 4.50. The molecule has 1 aromatic heterocycles. The first-order valence-electron chi connectivity index (χ1n) is 6.34. The molecule has 3 rings (SSSR count). The molecule has 110 valence electrons. The fraction of sp³-hybridized carbons (Fsp3) is 0. The fourth-order valence-corrected chi connectivity index (χ4v) is 1.93. The van der Waals surface area contributed by atoms with Gasteiger partial charge in [0, 0.05) is 17.3 Å². The van der Waals surface area contributed by atoms with Crippen LogP contribution < -0.4 is 5.32 Å². The van der Waals surface area contributed by atoms with Crippen molar-refractivity contribution >= 4 is 11.6 Å². The topological polar surface area (TPSA) is 59.8 Å². The maximum absolute atomic E-state index is 13.1. The zero-order valence-corrected chi connectivity index (χ0v) is 11.2. The van der Waals surface area contributed by atoms with Gasteiger partial charge in [0.15, 0.2) is 0 Å². The molecule has 0 fully saturated rings. The fourth-order valence-electron chi connectivity index (χ4n) is 1.93. The number of rotatable bonds is 3. The van der Waals surface area contributed by atoms with Crippen molar-refractivity contribution in [1.82, 2.24) is 14.8 Å². The Bertz CT molecular complexity index is 781. The lowest BCUT2D eigenvalue weighted by Crippen LogP contribution is -2.12. The number of carbonyl (C=O) groups excluding carboxylic acids is 1. The van der Waals surface area contributed by atoms with Crippen LogP contribution >= 0.6 is 0 Å². The van der Waals surface area contributed by atoms with Crippen molar-refractivity contribution in [2.75, 3.05) is 5.32 Å². The van der Waals surface area contributed by atoms with E-state index in [2.05, 4.69) is 15.4 Å². The molecule has 0 radical (unpaired) electrons. The van der Waals surface area contributed by atoms with Gasteiger partial charge in [0.1, 0.15) is 24.3 Å². The lowest BCUT2D eigenvalue weighted by atomic mass is 10.2. The summed E-state index contributed by atoms with van der Waals surface area (Å²) in [6, 6.07) is 9.44. The molecular weight excluding hydrogens is 290 g/mol. The average Bonchev–Trinajstić information content (AvgIpc) is 3.01. The monoisotopic (exact) mass is 300 g/mol. The van der Waals surface area contributed by atoms with Gasteiger partial charge in [-0.25, -0.2) is 18.4 Å². The highest BCUT2D eigenvalue weighted by Crippen LogP contribution is 2.14. The van der Waals surface area contributed by atoms with Crippen LogP contribution in [0.5, 0.6) is 0 Å². The predicted molar refractivity (Wildman–Crippen MR) is 75.7 cm³/mol. The first-order chi connectivity index (χ1) is 10.6. The second kappa shape index (κ2) is 5.72. The van der Waals surface area contributed by atoms with Crippen molar-refractivity contribution in [2.24, 2.45) is 0 Å². The SMILES string of the molecule is O=C(Nc1ccc(-n2cncn2)cc1)c1cc(F)cc(F)c1. The van der Waals surface area contributed by atoms with Crippen LogP contribution in [0.2, 0.25) is 0 Å². The number of halogens is 2. The summed E-state index contributed by atoms with van der Waals surface area (Å²) in [6.45, 7) is 0. The van der Waals surface area contributed by atoms with Gasteiger partial charge in [-0.05, 0) is 36.4 Å². The number of hydrogen-bond acceptors (Lipinski definition) is 3. The van der Waals surface area contributed by atoms with Crippen molar-refractivity contribution in [3.8, 4) is 5.69 Å². The maximum atomic E-state index is 13.1. The molecule has 0 atom stereocenters. The molecule has 0 saturated carbocycles. The first-order valence-corrected chi connectivity index (χ1v) is 6.34. The third kappa shape index (κ3) is 2.98. The number of carbonyl (C=O) groups is 1. The number of nitrogens with one attached hydrogen (secondary N) is 1. The lowest BCUT2D eigenvalue weighted by molar-refractivity contribution is 0.102. The van der Waals surface area contributed by atoms with Crippen LogP contribution in [-0.4, -0.2) is 20.7 Å². The molecule has 0 aliphatic heterocycles. The molecule has 0 saturated heterocycles. The summed E-state index contributed by atoms with van der Waals surface area (Å²) in [5, 5.41) is 6.55. The summed E-state index contributed by atoms with van der Waals surface area (Å²) in [4.78, 5) is 15.8. The second-order valence-corrected chi connectivity index (χ2v) is 4.50. The lowest BCUT2D eigenvalue weighted by Gasteiger charge is -2.07. The minimum atomic E-state index is -0.799. The molecule has 7 heteroatoms. The number of anilines is 1. The van der Waals surface area contributed by atoms with Crippen molar-refractivity contribution in [2.45, 2.75) is 0 Å². The number of aromatic nitrogens is 3. The summed E-state index contributed by atoms with van der Waals surface area (Å²) >= 11 is 0. The zero-order valence-electron chi connectivity index (χ0n) is 11.2. The Balaban J connectivity index is 1.76. The maximum Gasteiger partial charge on any atom is 0.255 e. The number of amides is 1. The summed E-state index contributed by atoms with van der Waals surface area (Å²) < 4.78 is 27.8. The Morgan fingerprint density at radius 1 is 1.05 bits per heavy atom. The largest absolute Gasteiger partial charge is 0.322 e. The van der Waals surface area contributed by atoms with Crippen LogP contribution in [0.3, 0.4) is 0 Å². The summed E-state index contributed by atoms with van der Waals surface area (Å²) in [7, 11) is 0. The van der Waals surface area contributed by atoms with E-state index in [1.165, 1.54) is 6.33 Å². The normalized spacial score (nSPS) is 10.5. The Morgan fingerprint density at radius 2 is 1.73 bits per heavy atom. The third-order valence-corrected chi connectivity index (χ3v) is 2.93. The van der Waals surface area contributed by atoms with Gasteiger partial charge < -0.3 is 5.32 Å². The van der Waals surface area contributed by atoms with Crippen LogP contribution in [0.15, 0.2) is 55.1 Å². The van der Waals surface area contributed by atoms with Gasteiger partial charge in [-0.2, -0.15) is 5.10 Å². The van der Waals surface area contributed by atoms with Crippen molar-refractivity contribution in [3.63, 3.8) is 0 Å². The van der Waals surface area contributed by atoms with Crippen LogP contribution in [0.25, 0.3) is 5.69 Å². The Labute approximate surface area is 124 Å². The minimum Gasteiger partial charge on any atom is -0.322 e. The van der Waals surface area contributed by atoms with Crippen molar-refractivity contribution in [3.05, 3.63) is 72.3 Å². The molecule has 0 unspecified atom stereocenters. The molecule has 1 heterocycles. The molecule has 5 nitrogen and oxygen atoms in total. The van der Waals surface area contributed by atoms with E-state index in [4.69, 9.17) is 0 Å². The molecule has 0 bridgehead atoms. The minimum absolute atomic E-state index is 0.0853. The molecular formula is C15H10F2N4O. The highest BCUT2D eigenvalue weighted by molar-refractivity contribution is 6.04. The van der Waals surface area contributed by atoms with Gasteiger partial charge in [0.25, 0.3) is 5.91 Å². The van der Waals surface area contributed by atoms with Gasteiger partial charge in [-0.15, -0.1) is 0 Å². The molecule has 1 N–H and O–H groups in total. The molecule has 0 aliphatic rings. The van der Waals surface area contributed by atoms with E-state index in [9.17, 15) is 13.6 Å². The number of benzene rings is 2. The standard InChI is InChI=1S/C15H10F2N4O/c16-11-5-10(6-12(17)7-11)15(22)20-13-1-3-14(4-2-13)21-9-18-8-19-21/h1-9H,(H,20,22). The van der Waals surface area contributed by atoms with Crippen LogP contribution in [-0.2, 0) is 0 Å². The van der Waals surface area contributed by atoms with Gasteiger partial charge in [-0.3, -0.25) is 4.79 Å². The Kier molecular flexibility index (Phi) is 3.61. The summed E-state index contributed by atoms with van der Waals surface area (Å²) in [5.41, 5.74) is 1.18. The van der Waals surface area contributed by atoms with E-state index in [-0.39, 0.29) is 5.56 Å². The molecule has 3 aromatic rings. The quantitative estimate of drug-likeness (QED) is 0.809. The van der Waals surface area contributed by atoms with Gasteiger partial charge >= 0.3 is 0 Å². The molecule has 22 heavy (non-hydrogen) atoms. The van der Waals surface area contributed by atoms with E-state index in [0.29, 0.717) is 11.8 Å². The molecule has 1 amide bonds. The molecule has 2 aromatic carbocycles. The highest BCUT2D eigenvalue weighted by atomic mass is 19.1.